The highest BCUT2D eigenvalue weighted by Crippen LogP contribution is 2.35. The maximum atomic E-state index is 12.0. The molecule has 1 aromatic carbocycles. The zero-order chi connectivity index (χ0) is 17.1. The van der Waals surface area contributed by atoms with Crippen LogP contribution < -0.4 is 5.32 Å². The average molecular weight is 379 g/mol. The maximum absolute atomic E-state index is 12.0. The van der Waals surface area contributed by atoms with Gasteiger partial charge in [-0.15, -0.1) is 11.3 Å². The van der Waals surface area contributed by atoms with Crippen LogP contribution in [-0.2, 0) is 9.53 Å². The first-order valence-corrected chi connectivity index (χ1v) is 8.80. The molecule has 24 heavy (non-hydrogen) atoms. The topological polar surface area (TPSA) is 68.3 Å². The van der Waals surface area contributed by atoms with Crippen molar-refractivity contribution >= 4 is 67.4 Å². The van der Waals surface area contributed by atoms with E-state index in [0.717, 1.165) is 26.3 Å². The highest BCUT2D eigenvalue weighted by atomic mass is 35.5. The third-order valence-corrected chi connectivity index (χ3v) is 5.62. The van der Waals surface area contributed by atoms with Gasteiger partial charge < -0.3 is 4.74 Å². The van der Waals surface area contributed by atoms with E-state index >= 15 is 0 Å². The molecule has 0 saturated carbocycles. The Hall–Kier alpha value is -2.22. The van der Waals surface area contributed by atoms with Crippen molar-refractivity contribution in [3.8, 4) is 0 Å². The van der Waals surface area contributed by atoms with Crippen molar-refractivity contribution < 1.29 is 14.3 Å². The number of nitrogens with one attached hydrogen (secondary N) is 1. The number of carbonyl (C=O) groups excluding carboxylic acids is 2. The molecule has 5 nitrogen and oxygen atoms in total. The Bertz CT molecular complexity index is 946. The van der Waals surface area contributed by atoms with Gasteiger partial charge in [-0.05, 0) is 12.1 Å². The molecule has 2 aromatic heterocycles. The number of esters is 1. The maximum Gasteiger partial charge on any atom is 0.349 e. The Morgan fingerprint density at radius 2 is 2.08 bits per heavy atom. The highest BCUT2D eigenvalue weighted by molar-refractivity contribution is 7.20. The van der Waals surface area contributed by atoms with Crippen LogP contribution in [0.3, 0.4) is 0 Å². The summed E-state index contributed by atoms with van der Waals surface area (Å²) in [5.74, 6) is -0.838. The molecule has 3 rings (SSSR count). The lowest BCUT2D eigenvalue weighted by atomic mass is 10.2. The van der Waals surface area contributed by atoms with E-state index in [1.807, 2.05) is 24.3 Å². The van der Waals surface area contributed by atoms with Gasteiger partial charge in [-0.25, -0.2) is 9.78 Å². The van der Waals surface area contributed by atoms with E-state index < -0.39 is 5.97 Å². The van der Waals surface area contributed by atoms with Gasteiger partial charge in [0.1, 0.15) is 4.88 Å². The summed E-state index contributed by atoms with van der Waals surface area (Å²) in [5, 5.41) is 4.52. The van der Waals surface area contributed by atoms with Gasteiger partial charge in [-0.1, -0.05) is 41.1 Å². The minimum absolute atomic E-state index is 0.323. The van der Waals surface area contributed by atoms with Crippen molar-refractivity contribution in [2.24, 2.45) is 0 Å². The Kier molecular flexibility index (Phi) is 4.94. The van der Waals surface area contributed by atoms with Crippen LogP contribution in [0.5, 0.6) is 0 Å². The van der Waals surface area contributed by atoms with Crippen LogP contribution in [0.25, 0.3) is 16.2 Å². The molecule has 0 spiro atoms. The van der Waals surface area contributed by atoms with Crippen LogP contribution in [0.15, 0.2) is 36.5 Å². The number of aromatic nitrogens is 1. The van der Waals surface area contributed by atoms with Crippen molar-refractivity contribution in [1.29, 1.82) is 0 Å². The molecular weight excluding hydrogens is 368 g/mol. The number of ether oxygens (including phenoxy) is 1. The molecule has 0 fully saturated rings. The Morgan fingerprint density at radius 1 is 1.29 bits per heavy atom. The second-order valence-corrected chi connectivity index (χ2v) is 7.11. The smallest absolute Gasteiger partial charge is 0.349 e. The summed E-state index contributed by atoms with van der Waals surface area (Å²) in [6.45, 7) is 0. The number of nitrogens with zero attached hydrogens (tertiary/aromatic N) is 1. The van der Waals surface area contributed by atoms with E-state index in [9.17, 15) is 9.59 Å². The van der Waals surface area contributed by atoms with Gasteiger partial charge in [0.15, 0.2) is 5.13 Å². The van der Waals surface area contributed by atoms with Gasteiger partial charge in [0, 0.05) is 21.0 Å². The van der Waals surface area contributed by atoms with Crippen molar-refractivity contribution in [2.45, 2.75) is 0 Å². The normalized spacial score (nSPS) is 11.1. The van der Waals surface area contributed by atoms with E-state index in [-0.39, 0.29) is 5.91 Å². The summed E-state index contributed by atoms with van der Waals surface area (Å²) in [6.07, 6.45) is 4.41. The molecule has 0 unspecified atom stereocenters. The van der Waals surface area contributed by atoms with Gasteiger partial charge in [0.2, 0.25) is 5.91 Å². The Labute approximate surface area is 150 Å². The average Bonchev–Trinajstić information content (AvgIpc) is 3.17. The lowest BCUT2D eigenvalue weighted by Crippen LogP contribution is -2.07. The lowest BCUT2D eigenvalue weighted by molar-refractivity contribution is -0.111. The van der Waals surface area contributed by atoms with Gasteiger partial charge in [-0.2, -0.15) is 0 Å². The van der Waals surface area contributed by atoms with Crippen LogP contribution in [0.2, 0.25) is 5.02 Å². The first-order valence-electron chi connectivity index (χ1n) is 6.78. The molecule has 0 saturated heterocycles. The van der Waals surface area contributed by atoms with Crippen molar-refractivity contribution in [1.82, 2.24) is 4.98 Å². The van der Waals surface area contributed by atoms with Crippen LogP contribution in [-0.4, -0.2) is 24.0 Å². The summed E-state index contributed by atoms with van der Waals surface area (Å²) in [7, 11) is 1.29. The minimum atomic E-state index is -0.486. The lowest BCUT2D eigenvalue weighted by Gasteiger charge is -1.95. The number of hydrogen-bond acceptors (Lipinski definition) is 6. The molecule has 8 heteroatoms. The van der Waals surface area contributed by atoms with E-state index in [4.69, 9.17) is 11.6 Å². The van der Waals surface area contributed by atoms with Crippen molar-refractivity contribution in [3.05, 3.63) is 51.3 Å². The number of amides is 1. The Balaban J connectivity index is 1.71. The fourth-order valence-electron chi connectivity index (χ4n) is 1.97. The molecule has 3 aromatic rings. The predicted octanol–water partition coefficient (Wildman–Crippen LogP) is 4.45. The quantitative estimate of drug-likeness (QED) is 0.538. The number of thiazole rings is 1. The molecule has 1 amide bonds. The zero-order valence-corrected chi connectivity index (χ0v) is 14.8. The van der Waals surface area contributed by atoms with Crippen molar-refractivity contribution in [3.63, 3.8) is 0 Å². The number of anilines is 1. The number of benzene rings is 1. The third kappa shape index (κ3) is 3.48. The van der Waals surface area contributed by atoms with Crippen molar-refractivity contribution in [2.75, 3.05) is 12.4 Å². The number of rotatable bonds is 4. The Morgan fingerprint density at radius 3 is 2.83 bits per heavy atom. The number of halogens is 1. The third-order valence-electron chi connectivity index (χ3n) is 3.07. The fourth-order valence-corrected chi connectivity index (χ4v) is 4.10. The number of hydrogen-bond donors (Lipinski definition) is 1. The first kappa shape index (κ1) is 16.6. The molecule has 0 aliphatic rings. The standard InChI is InChI=1S/C16H11ClN2O3S2/c1-22-15(21)12-8-18-16(24-12)19-13(20)7-6-11-14(17)9-4-2-3-5-10(9)23-11/h2-8H,1H3,(H,18,19,20). The summed E-state index contributed by atoms with van der Waals surface area (Å²) < 4.78 is 5.65. The van der Waals surface area contributed by atoms with Crippen LogP contribution >= 0.6 is 34.3 Å². The highest BCUT2D eigenvalue weighted by Gasteiger charge is 2.12. The van der Waals surface area contributed by atoms with Gasteiger partial charge in [0.25, 0.3) is 0 Å². The predicted molar refractivity (Wildman–Crippen MR) is 98.0 cm³/mol. The van der Waals surface area contributed by atoms with Gasteiger partial charge in [-0.3, -0.25) is 10.1 Å². The van der Waals surface area contributed by atoms with E-state index in [1.54, 1.807) is 6.08 Å². The van der Waals surface area contributed by atoms with Crippen LogP contribution in [0.4, 0.5) is 5.13 Å². The van der Waals surface area contributed by atoms with Crippen LogP contribution in [0.1, 0.15) is 14.5 Å². The van der Waals surface area contributed by atoms with Crippen LogP contribution in [0, 0.1) is 0 Å². The monoisotopic (exact) mass is 378 g/mol. The minimum Gasteiger partial charge on any atom is -0.465 e. The molecule has 0 atom stereocenters. The number of methoxy groups -OCH3 is 1. The molecule has 1 N–H and O–H groups in total. The van der Waals surface area contributed by atoms with Gasteiger partial charge >= 0.3 is 5.97 Å². The summed E-state index contributed by atoms with van der Waals surface area (Å²) in [4.78, 5) is 28.4. The largest absolute Gasteiger partial charge is 0.465 e. The SMILES string of the molecule is COC(=O)c1cnc(NC(=O)C=Cc2sc3ccccc3c2Cl)s1. The number of fused-ring (bicyclic) bond motifs is 1. The molecule has 122 valence electrons. The summed E-state index contributed by atoms with van der Waals surface area (Å²) >= 11 is 8.88. The van der Waals surface area contributed by atoms with E-state index in [0.29, 0.717) is 15.0 Å². The first-order chi connectivity index (χ1) is 11.6. The molecular formula is C16H11ClN2O3S2. The second kappa shape index (κ2) is 7.12. The molecule has 0 aliphatic heterocycles. The van der Waals surface area contributed by atoms with E-state index in [1.165, 1.54) is 30.7 Å². The van der Waals surface area contributed by atoms with E-state index in [2.05, 4.69) is 15.0 Å². The molecule has 0 bridgehead atoms. The summed E-state index contributed by atoms with van der Waals surface area (Å²) in [5.41, 5.74) is 0. The summed E-state index contributed by atoms with van der Waals surface area (Å²) in [6, 6.07) is 7.78. The molecule has 0 radical (unpaired) electrons. The second-order valence-electron chi connectivity index (χ2n) is 4.62. The molecule has 0 aliphatic carbocycles. The molecule has 2 heterocycles. The van der Waals surface area contributed by atoms with Gasteiger partial charge in [0.05, 0.1) is 18.3 Å². The number of thiophene rings is 1. The number of carbonyl (C=O) groups is 2. The fraction of sp³-hybridized carbons (Fsp3) is 0.0625. The zero-order valence-electron chi connectivity index (χ0n) is 12.4.